The third-order valence-electron chi connectivity index (χ3n) is 3.41. The molecule has 0 aliphatic heterocycles. The van der Waals surface area contributed by atoms with Crippen LogP contribution in [0, 0.1) is 0 Å². The zero-order valence-electron chi connectivity index (χ0n) is 11.7. The Balaban J connectivity index is 1.63. The Kier molecular flexibility index (Phi) is 4.39. The minimum Gasteiger partial charge on any atom is -0.508 e. The Bertz CT molecular complexity index is 703. The number of hydrogen-bond acceptors (Lipinski definition) is 4. The Morgan fingerprint density at radius 1 is 1.14 bits per heavy atom. The smallest absolute Gasteiger partial charge is 0.115 e. The molecule has 0 saturated carbocycles. The van der Waals surface area contributed by atoms with E-state index in [0.29, 0.717) is 5.75 Å². The lowest BCUT2D eigenvalue weighted by Gasteiger charge is -2.13. The van der Waals surface area contributed by atoms with Crippen LogP contribution < -0.4 is 5.32 Å². The standard InChI is InChI=1S/C17H17NOS2/c1-12(13-4-2-5-15(19)8-13)18-10-16-9-14(11-21-16)17-6-3-7-20-17/h2-9,11-12,18-19H,10H2,1H3. The summed E-state index contributed by atoms with van der Waals surface area (Å²) in [7, 11) is 0. The average Bonchev–Trinajstić information content (AvgIpc) is 3.15. The van der Waals surface area contributed by atoms with E-state index in [-0.39, 0.29) is 6.04 Å². The van der Waals surface area contributed by atoms with Crippen LogP contribution in [-0.4, -0.2) is 5.11 Å². The second-order valence-corrected chi connectivity index (χ2v) is 6.92. The summed E-state index contributed by atoms with van der Waals surface area (Å²) in [4.78, 5) is 2.64. The molecule has 0 spiro atoms. The van der Waals surface area contributed by atoms with Gasteiger partial charge in [-0.2, -0.15) is 0 Å². The fourth-order valence-corrected chi connectivity index (χ4v) is 3.84. The molecule has 1 aromatic carbocycles. The Labute approximate surface area is 132 Å². The molecule has 0 amide bonds. The van der Waals surface area contributed by atoms with Gasteiger partial charge in [0.05, 0.1) is 0 Å². The molecule has 21 heavy (non-hydrogen) atoms. The van der Waals surface area contributed by atoms with Crippen molar-refractivity contribution in [3.8, 4) is 16.2 Å². The van der Waals surface area contributed by atoms with E-state index in [2.05, 4.69) is 41.2 Å². The fourth-order valence-electron chi connectivity index (χ4n) is 2.21. The van der Waals surface area contributed by atoms with Crippen molar-refractivity contribution < 1.29 is 5.11 Å². The van der Waals surface area contributed by atoms with E-state index in [1.165, 1.54) is 15.3 Å². The topological polar surface area (TPSA) is 32.3 Å². The molecule has 0 saturated heterocycles. The summed E-state index contributed by atoms with van der Waals surface area (Å²) in [5, 5.41) is 17.4. The molecule has 2 heterocycles. The van der Waals surface area contributed by atoms with E-state index in [4.69, 9.17) is 0 Å². The van der Waals surface area contributed by atoms with Crippen molar-refractivity contribution >= 4 is 22.7 Å². The molecule has 0 bridgehead atoms. The first-order valence-corrected chi connectivity index (χ1v) is 8.62. The Hall–Kier alpha value is -1.62. The van der Waals surface area contributed by atoms with Crippen molar-refractivity contribution in [3.63, 3.8) is 0 Å². The normalized spacial score (nSPS) is 12.4. The highest BCUT2D eigenvalue weighted by Gasteiger charge is 2.07. The number of aromatic hydroxyl groups is 1. The molecule has 0 fully saturated rings. The van der Waals surface area contributed by atoms with Gasteiger partial charge in [0.25, 0.3) is 0 Å². The monoisotopic (exact) mass is 315 g/mol. The molecule has 1 unspecified atom stereocenters. The number of phenols is 1. The largest absolute Gasteiger partial charge is 0.508 e. The van der Waals surface area contributed by atoms with Crippen LogP contribution in [0.15, 0.2) is 53.2 Å². The van der Waals surface area contributed by atoms with Crippen LogP contribution in [0.4, 0.5) is 0 Å². The Morgan fingerprint density at radius 2 is 2.05 bits per heavy atom. The van der Waals surface area contributed by atoms with Gasteiger partial charge < -0.3 is 10.4 Å². The average molecular weight is 315 g/mol. The lowest BCUT2D eigenvalue weighted by atomic mass is 10.1. The van der Waals surface area contributed by atoms with E-state index in [1.54, 1.807) is 28.7 Å². The highest BCUT2D eigenvalue weighted by molar-refractivity contribution is 7.14. The molecule has 0 aliphatic rings. The molecule has 2 nitrogen and oxygen atoms in total. The summed E-state index contributed by atoms with van der Waals surface area (Å²) in [5.74, 6) is 0.317. The van der Waals surface area contributed by atoms with Crippen LogP contribution in [0.1, 0.15) is 23.4 Å². The van der Waals surface area contributed by atoms with E-state index < -0.39 is 0 Å². The van der Waals surface area contributed by atoms with Crippen molar-refractivity contribution in [1.82, 2.24) is 5.32 Å². The summed E-state index contributed by atoms with van der Waals surface area (Å²) in [6.07, 6.45) is 0. The predicted molar refractivity (Wildman–Crippen MR) is 91.0 cm³/mol. The number of hydrogen-bond donors (Lipinski definition) is 2. The van der Waals surface area contributed by atoms with Crippen LogP contribution in [0.5, 0.6) is 5.75 Å². The molecule has 1 atom stereocenters. The second kappa shape index (κ2) is 6.43. The van der Waals surface area contributed by atoms with Crippen LogP contribution in [0.25, 0.3) is 10.4 Å². The first kappa shape index (κ1) is 14.3. The summed E-state index contributed by atoms with van der Waals surface area (Å²) in [6, 6.07) is 14.1. The van der Waals surface area contributed by atoms with Crippen molar-refractivity contribution in [1.29, 1.82) is 0 Å². The predicted octanol–water partition coefficient (Wildman–Crippen LogP) is 5.03. The van der Waals surface area contributed by atoms with Gasteiger partial charge in [-0.1, -0.05) is 18.2 Å². The van der Waals surface area contributed by atoms with Gasteiger partial charge in [-0.05, 0) is 47.5 Å². The molecular formula is C17H17NOS2. The number of thiophene rings is 2. The third kappa shape index (κ3) is 3.53. The van der Waals surface area contributed by atoms with Crippen molar-refractivity contribution in [2.75, 3.05) is 0 Å². The highest BCUT2D eigenvalue weighted by Crippen LogP contribution is 2.29. The summed E-state index contributed by atoms with van der Waals surface area (Å²) >= 11 is 3.55. The maximum Gasteiger partial charge on any atom is 0.115 e. The number of nitrogens with one attached hydrogen (secondary N) is 1. The molecular weight excluding hydrogens is 298 g/mol. The summed E-state index contributed by atoms with van der Waals surface area (Å²) in [5.41, 5.74) is 2.40. The first-order chi connectivity index (χ1) is 10.2. The molecule has 2 N–H and O–H groups in total. The van der Waals surface area contributed by atoms with Crippen LogP contribution in [0.2, 0.25) is 0 Å². The van der Waals surface area contributed by atoms with E-state index >= 15 is 0 Å². The number of rotatable bonds is 5. The minimum atomic E-state index is 0.212. The van der Waals surface area contributed by atoms with Gasteiger partial charge in [-0.25, -0.2) is 0 Å². The second-order valence-electron chi connectivity index (χ2n) is 4.98. The molecule has 108 valence electrons. The molecule has 0 radical (unpaired) electrons. The van der Waals surface area contributed by atoms with Gasteiger partial charge in [-0.15, -0.1) is 22.7 Å². The summed E-state index contributed by atoms with van der Waals surface area (Å²) in [6.45, 7) is 2.95. The third-order valence-corrected chi connectivity index (χ3v) is 5.27. The molecule has 0 aliphatic carbocycles. The van der Waals surface area contributed by atoms with Crippen molar-refractivity contribution in [2.24, 2.45) is 0 Å². The van der Waals surface area contributed by atoms with Gasteiger partial charge in [0.2, 0.25) is 0 Å². The first-order valence-electron chi connectivity index (χ1n) is 6.86. The fraction of sp³-hybridized carbons (Fsp3) is 0.176. The van der Waals surface area contributed by atoms with Crippen LogP contribution in [0.3, 0.4) is 0 Å². The molecule has 2 aromatic heterocycles. The lowest BCUT2D eigenvalue weighted by molar-refractivity contribution is 0.472. The Morgan fingerprint density at radius 3 is 2.81 bits per heavy atom. The molecule has 3 aromatic rings. The molecule has 4 heteroatoms. The van der Waals surface area contributed by atoms with Gasteiger partial charge in [0.1, 0.15) is 5.75 Å². The molecule has 3 rings (SSSR count). The van der Waals surface area contributed by atoms with Crippen molar-refractivity contribution in [3.05, 3.63) is 63.7 Å². The summed E-state index contributed by atoms with van der Waals surface area (Å²) < 4.78 is 0. The maximum absolute atomic E-state index is 9.53. The zero-order valence-corrected chi connectivity index (χ0v) is 13.4. The van der Waals surface area contributed by atoms with Crippen molar-refractivity contribution in [2.45, 2.75) is 19.5 Å². The minimum absolute atomic E-state index is 0.212. The van der Waals surface area contributed by atoms with E-state index in [1.807, 2.05) is 18.2 Å². The number of phenolic OH excluding ortho intramolecular Hbond substituents is 1. The quantitative estimate of drug-likeness (QED) is 0.692. The highest BCUT2D eigenvalue weighted by atomic mass is 32.1. The SMILES string of the molecule is CC(NCc1cc(-c2cccs2)cs1)c1cccc(O)c1. The zero-order chi connectivity index (χ0) is 14.7. The van der Waals surface area contributed by atoms with E-state index in [9.17, 15) is 5.11 Å². The van der Waals surface area contributed by atoms with E-state index in [0.717, 1.165) is 12.1 Å². The van der Waals surface area contributed by atoms with Crippen LogP contribution in [-0.2, 0) is 6.54 Å². The number of benzene rings is 1. The van der Waals surface area contributed by atoms with Crippen LogP contribution >= 0.6 is 22.7 Å². The maximum atomic E-state index is 9.53. The van der Waals surface area contributed by atoms with Gasteiger partial charge in [0, 0.05) is 27.9 Å². The lowest BCUT2D eigenvalue weighted by Crippen LogP contribution is -2.17. The van der Waals surface area contributed by atoms with Gasteiger partial charge in [0.15, 0.2) is 0 Å². The van der Waals surface area contributed by atoms with Gasteiger partial charge >= 0.3 is 0 Å². The van der Waals surface area contributed by atoms with Gasteiger partial charge in [-0.3, -0.25) is 0 Å².